The molecule has 0 bridgehead atoms. The molecule has 114 valence electrons. The lowest BCUT2D eigenvalue weighted by Gasteiger charge is -2.31. The van der Waals surface area contributed by atoms with E-state index in [4.69, 9.17) is 4.74 Å². The third-order valence-corrected chi connectivity index (χ3v) is 5.50. The first-order valence-electron chi connectivity index (χ1n) is 8.14. The van der Waals surface area contributed by atoms with Crippen LogP contribution in [0.1, 0.15) is 31.7 Å². The second kappa shape index (κ2) is 7.39. The maximum atomic E-state index is 5.53. The molecule has 1 saturated heterocycles. The summed E-state index contributed by atoms with van der Waals surface area (Å²) in [5.41, 5.74) is 1.51. The van der Waals surface area contributed by atoms with Crippen molar-refractivity contribution in [1.82, 2.24) is 5.32 Å². The summed E-state index contributed by atoms with van der Waals surface area (Å²) in [6, 6.07) is 9.37. The Labute approximate surface area is 131 Å². The molecule has 2 nitrogen and oxygen atoms in total. The molecule has 1 aromatic heterocycles. The molecular formula is C18H25NOS. The van der Waals surface area contributed by atoms with E-state index in [1.54, 1.807) is 0 Å². The molecule has 1 fully saturated rings. The van der Waals surface area contributed by atoms with Gasteiger partial charge in [0.15, 0.2) is 0 Å². The molecule has 3 heteroatoms. The zero-order chi connectivity index (χ0) is 14.5. The molecule has 0 saturated carbocycles. The van der Waals surface area contributed by atoms with Gasteiger partial charge in [0.2, 0.25) is 0 Å². The molecule has 0 radical (unpaired) electrons. The van der Waals surface area contributed by atoms with Crippen molar-refractivity contribution in [3.8, 4) is 0 Å². The fourth-order valence-corrected chi connectivity index (χ4v) is 4.26. The number of benzene rings is 1. The van der Waals surface area contributed by atoms with E-state index in [9.17, 15) is 0 Å². The van der Waals surface area contributed by atoms with Gasteiger partial charge in [-0.2, -0.15) is 0 Å². The maximum absolute atomic E-state index is 5.53. The average molecular weight is 303 g/mol. The quantitative estimate of drug-likeness (QED) is 0.862. The summed E-state index contributed by atoms with van der Waals surface area (Å²) in [5, 5.41) is 7.59. The summed E-state index contributed by atoms with van der Waals surface area (Å²) in [6.45, 7) is 5.22. The first kappa shape index (κ1) is 15.0. The largest absolute Gasteiger partial charge is 0.381 e. The van der Waals surface area contributed by atoms with Crippen LogP contribution in [0.2, 0.25) is 0 Å². The van der Waals surface area contributed by atoms with E-state index < -0.39 is 0 Å². The second-order valence-corrected chi connectivity index (χ2v) is 6.88. The first-order valence-corrected chi connectivity index (χ1v) is 9.02. The van der Waals surface area contributed by atoms with Crippen LogP contribution in [-0.2, 0) is 11.2 Å². The summed E-state index contributed by atoms with van der Waals surface area (Å²) in [6.07, 6.45) is 4.74. The summed E-state index contributed by atoms with van der Waals surface area (Å²) in [7, 11) is 0. The van der Waals surface area contributed by atoms with Crippen molar-refractivity contribution in [2.24, 2.45) is 5.92 Å². The number of thiophene rings is 1. The highest BCUT2D eigenvalue weighted by Gasteiger charge is 2.24. The lowest BCUT2D eigenvalue weighted by molar-refractivity contribution is 0.0538. The van der Waals surface area contributed by atoms with Gasteiger partial charge in [-0.25, -0.2) is 0 Å². The van der Waals surface area contributed by atoms with E-state index in [1.165, 1.54) is 34.9 Å². The van der Waals surface area contributed by atoms with E-state index in [-0.39, 0.29) is 0 Å². The van der Waals surface area contributed by atoms with Gasteiger partial charge in [-0.1, -0.05) is 25.1 Å². The zero-order valence-corrected chi connectivity index (χ0v) is 13.6. The van der Waals surface area contributed by atoms with Crippen LogP contribution in [-0.4, -0.2) is 25.8 Å². The minimum absolute atomic E-state index is 0.590. The fraction of sp³-hybridized carbons (Fsp3) is 0.556. The summed E-state index contributed by atoms with van der Waals surface area (Å²) in [5.74, 6) is 0.754. The predicted molar refractivity (Wildman–Crippen MR) is 91.2 cm³/mol. The minimum Gasteiger partial charge on any atom is -0.381 e. The van der Waals surface area contributed by atoms with Crippen LogP contribution in [0.15, 0.2) is 29.6 Å². The molecule has 1 aromatic carbocycles. The standard InChI is InChI=1S/C18H25NOS/c1-2-9-19-17(14-7-10-20-11-8-14)12-15-13-21-18-6-4-3-5-16(15)18/h3-6,13-14,17,19H,2,7-12H2,1H3. The Morgan fingerprint density at radius 3 is 2.90 bits per heavy atom. The van der Waals surface area contributed by atoms with Crippen molar-refractivity contribution in [2.45, 2.75) is 38.6 Å². The molecule has 2 heterocycles. The number of ether oxygens (including phenoxy) is 1. The smallest absolute Gasteiger partial charge is 0.0469 e. The molecule has 1 atom stereocenters. The second-order valence-electron chi connectivity index (χ2n) is 5.97. The van der Waals surface area contributed by atoms with Gasteiger partial charge in [0.05, 0.1) is 0 Å². The first-order chi connectivity index (χ1) is 10.4. The molecule has 0 aliphatic carbocycles. The number of fused-ring (bicyclic) bond motifs is 1. The SMILES string of the molecule is CCCNC(Cc1csc2ccccc12)C1CCOCC1. The van der Waals surface area contributed by atoms with Crippen LogP contribution in [0.5, 0.6) is 0 Å². The van der Waals surface area contributed by atoms with Crippen molar-refractivity contribution >= 4 is 21.4 Å². The molecule has 0 amide bonds. The van der Waals surface area contributed by atoms with Crippen molar-refractivity contribution < 1.29 is 4.74 Å². The molecule has 1 unspecified atom stereocenters. The van der Waals surface area contributed by atoms with Crippen LogP contribution in [0.3, 0.4) is 0 Å². The summed E-state index contributed by atoms with van der Waals surface area (Å²) < 4.78 is 6.94. The Kier molecular flexibility index (Phi) is 5.28. The van der Waals surface area contributed by atoms with Crippen molar-refractivity contribution in [1.29, 1.82) is 0 Å². The van der Waals surface area contributed by atoms with Crippen LogP contribution in [0.4, 0.5) is 0 Å². The van der Waals surface area contributed by atoms with Gasteiger partial charge in [-0.15, -0.1) is 11.3 Å². The normalized spacial score (nSPS) is 18.1. The highest BCUT2D eigenvalue weighted by Crippen LogP contribution is 2.29. The van der Waals surface area contributed by atoms with E-state index in [0.717, 1.165) is 32.1 Å². The summed E-state index contributed by atoms with van der Waals surface area (Å²) in [4.78, 5) is 0. The van der Waals surface area contributed by atoms with E-state index in [0.29, 0.717) is 6.04 Å². The Balaban J connectivity index is 1.76. The molecule has 1 N–H and O–H groups in total. The van der Waals surface area contributed by atoms with E-state index in [1.807, 2.05) is 11.3 Å². The van der Waals surface area contributed by atoms with Crippen molar-refractivity contribution in [2.75, 3.05) is 19.8 Å². The number of nitrogens with one attached hydrogen (secondary N) is 1. The van der Waals surface area contributed by atoms with Crippen LogP contribution in [0.25, 0.3) is 10.1 Å². The maximum Gasteiger partial charge on any atom is 0.0469 e. The number of hydrogen-bond acceptors (Lipinski definition) is 3. The number of rotatable bonds is 6. The highest BCUT2D eigenvalue weighted by atomic mass is 32.1. The van der Waals surface area contributed by atoms with Gasteiger partial charge in [-0.3, -0.25) is 0 Å². The monoisotopic (exact) mass is 303 g/mol. The highest BCUT2D eigenvalue weighted by molar-refractivity contribution is 7.17. The van der Waals surface area contributed by atoms with Gasteiger partial charge in [0.25, 0.3) is 0 Å². The summed E-state index contributed by atoms with van der Waals surface area (Å²) >= 11 is 1.87. The Bertz CT molecular complexity index is 559. The molecular weight excluding hydrogens is 278 g/mol. The van der Waals surface area contributed by atoms with Crippen LogP contribution in [0, 0.1) is 5.92 Å². The molecule has 1 aliphatic rings. The lowest BCUT2D eigenvalue weighted by Crippen LogP contribution is -2.41. The minimum atomic E-state index is 0.590. The van der Waals surface area contributed by atoms with Crippen molar-refractivity contribution in [3.05, 3.63) is 35.2 Å². The Hall–Kier alpha value is -0.900. The van der Waals surface area contributed by atoms with Crippen LogP contribution >= 0.6 is 11.3 Å². The lowest BCUT2D eigenvalue weighted by atomic mass is 9.87. The topological polar surface area (TPSA) is 21.3 Å². The molecule has 3 rings (SSSR count). The molecule has 2 aromatic rings. The fourth-order valence-electron chi connectivity index (χ4n) is 3.28. The van der Waals surface area contributed by atoms with Crippen LogP contribution < -0.4 is 5.32 Å². The van der Waals surface area contributed by atoms with E-state index >= 15 is 0 Å². The Morgan fingerprint density at radius 1 is 1.29 bits per heavy atom. The molecule has 1 aliphatic heterocycles. The zero-order valence-electron chi connectivity index (χ0n) is 12.8. The van der Waals surface area contributed by atoms with Gasteiger partial charge in [0.1, 0.15) is 0 Å². The van der Waals surface area contributed by atoms with Gasteiger partial charge < -0.3 is 10.1 Å². The van der Waals surface area contributed by atoms with E-state index in [2.05, 4.69) is 41.9 Å². The van der Waals surface area contributed by atoms with Gasteiger partial charge in [-0.05, 0) is 60.5 Å². The molecule has 0 spiro atoms. The predicted octanol–water partition coefficient (Wildman–Crippen LogP) is 4.24. The molecule has 21 heavy (non-hydrogen) atoms. The average Bonchev–Trinajstić information content (AvgIpc) is 2.95. The number of hydrogen-bond donors (Lipinski definition) is 1. The third-order valence-electron chi connectivity index (χ3n) is 4.49. The van der Waals surface area contributed by atoms with Gasteiger partial charge >= 0.3 is 0 Å². The third kappa shape index (κ3) is 3.65. The van der Waals surface area contributed by atoms with Crippen molar-refractivity contribution in [3.63, 3.8) is 0 Å². The Morgan fingerprint density at radius 2 is 2.10 bits per heavy atom. The van der Waals surface area contributed by atoms with Gasteiger partial charge in [0, 0.05) is 24.0 Å².